The molecule has 4 heteroatoms. The number of aromatic nitrogens is 1. The van der Waals surface area contributed by atoms with Crippen LogP contribution in [-0.4, -0.2) is 4.98 Å². The van der Waals surface area contributed by atoms with Gasteiger partial charge in [0.15, 0.2) is 12.7 Å². The van der Waals surface area contributed by atoms with Crippen molar-refractivity contribution in [2.45, 2.75) is 0 Å². The summed E-state index contributed by atoms with van der Waals surface area (Å²) in [4.78, 5) is 5.13. The lowest BCUT2D eigenvalue weighted by atomic mass is 9.96. The fourth-order valence-electron chi connectivity index (χ4n) is 6.94. The zero-order valence-electron chi connectivity index (χ0n) is 26.5. The molecular formula is C45H30NO2P. The van der Waals surface area contributed by atoms with Crippen LogP contribution in [0.15, 0.2) is 186 Å². The van der Waals surface area contributed by atoms with E-state index in [1.807, 2.05) is 103 Å². The van der Waals surface area contributed by atoms with Crippen LogP contribution >= 0.6 is 7.14 Å². The van der Waals surface area contributed by atoms with Crippen molar-refractivity contribution in [1.82, 2.24) is 4.98 Å². The van der Waals surface area contributed by atoms with E-state index < -0.39 is 7.14 Å². The summed E-state index contributed by atoms with van der Waals surface area (Å²) in [6.45, 7) is 0. The molecule has 0 unspecified atom stereocenters. The molecule has 0 aliphatic heterocycles. The molecule has 2 aromatic heterocycles. The molecular weight excluding hydrogens is 617 g/mol. The minimum Gasteiger partial charge on any atom is -0.454 e. The van der Waals surface area contributed by atoms with Gasteiger partial charge in [-0.05, 0) is 52.6 Å². The molecule has 2 heterocycles. The van der Waals surface area contributed by atoms with Crippen molar-refractivity contribution < 1.29 is 8.98 Å². The maximum atomic E-state index is 15.1. The lowest BCUT2D eigenvalue weighted by molar-refractivity contribution is 0.592. The van der Waals surface area contributed by atoms with E-state index in [1.54, 1.807) is 0 Å². The van der Waals surface area contributed by atoms with Crippen LogP contribution < -0.4 is 15.9 Å². The van der Waals surface area contributed by atoms with E-state index >= 15 is 4.57 Å². The molecule has 0 saturated carbocycles. The first-order chi connectivity index (χ1) is 24.2. The molecule has 3 nitrogen and oxygen atoms in total. The Morgan fingerprint density at radius 2 is 0.959 bits per heavy atom. The second-order valence-electron chi connectivity index (χ2n) is 12.3. The van der Waals surface area contributed by atoms with Crippen molar-refractivity contribution in [1.29, 1.82) is 0 Å². The van der Waals surface area contributed by atoms with Crippen LogP contribution in [0.5, 0.6) is 0 Å². The number of fused-ring (bicyclic) bond motifs is 5. The van der Waals surface area contributed by atoms with Gasteiger partial charge in [0, 0.05) is 37.6 Å². The third kappa shape index (κ3) is 4.99. The summed E-state index contributed by atoms with van der Waals surface area (Å²) in [5.74, 6) is 0. The normalized spacial score (nSPS) is 11.8. The van der Waals surface area contributed by atoms with E-state index in [0.717, 1.165) is 82.3 Å². The van der Waals surface area contributed by atoms with Gasteiger partial charge in [0.25, 0.3) is 0 Å². The van der Waals surface area contributed by atoms with Crippen LogP contribution in [0.25, 0.3) is 66.4 Å². The molecule has 9 aromatic rings. The second-order valence-corrected chi connectivity index (χ2v) is 15.0. The van der Waals surface area contributed by atoms with Gasteiger partial charge in [0.2, 0.25) is 0 Å². The Balaban J connectivity index is 1.18. The van der Waals surface area contributed by atoms with Crippen LogP contribution in [0.4, 0.5) is 0 Å². The first-order valence-corrected chi connectivity index (χ1v) is 18.1. The van der Waals surface area contributed by atoms with Gasteiger partial charge in [-0.3, -0.25) is 0 Å². The highest BCUT2D eigenvalue weighted by atomic mass is 31.2. The van der Waals surface area contributed by atoms with Crippen LogP contribution in [0.3, 0.4) is 0 Å². The van der Waals surface area contributed by atoms with Gasteiger partial charge in [-0.1, -0.05) is 152 Å². The number of furan rings is 1. The van der Waals surface area contributed by atoms with Gasteiger partial charge < -0.3 is 8.98 Å². The van der Waals surface area contributed by atoms with E-state index in [0.29, 0.717) is 0 Å². The van der Waals surface area contributed by atoms with Gasteiger partial charge in [-0.15, -0.1) is 0 Å². The zero-order chi connectivity index (χ0) is 32.8. The largest absolute Gasteiger partial charge is 0.454 e. The predicted molar refractivity (Wildman–Crippen MR) is 205 cm³/mol. The summed E-state index contributed by atoms with van der Waals surface area (Å²) in [6.07, 6.45) is 0. The standard InChI is InChI=1S/C45H30NO2P/c47-49(36-19-6-2-7-20-36,37-21-8-3-9-22-37)38-23-13-18-34(29-38)32-16-12-17-33(28-32)35-26-27-41-40(30-35)43-39-24-10-11-25-42(39)48-45(43)44(46-41)31-14-4-1-5-15-31/h1-30H. The predicted octanol–water partition coefficient (Wildman–Crippen LogP) is 10.8. The van der Waals surface area contributed by atoms with Crippen LogP contribution in [0.1, 0.15) is 0 Å². The average Bonchev–Trinajstić information content (AvgIpc) is 3.58. The molecule has 49 heavy (non-hydrogen) atoms. The van der Waals surface area contributed by atoms with Gasteiger partial charge in [0.05, 0.1) is 5.52 Å². The van der Waals surface area contributed by atoms with Crippen molar-refractivity contribution in [3.63, 3.8) is 0 Å². The second kappa shape index (κ2) is 11.9. The maximum absolute atomic E-state index is 15.1. The molecule has 0 N–H and O–H groups in total. The van der Waals surface area contributed by atoms with Crippen molar-refractivity contribution in [3.8, 4) is 33.5 Å². The molecule has 0 atom stereocenters. The third-order valence-electron chi connectivity index (χ3n) is 9.33. The summed E-state index contributed by atoms with van der Waals surface area (Å²) < 4.78 is 21.6. The Kier molecular flexibility index (Phi) is 7.08. The molecule has 0 aliphatic carbocycles. The summed E-state index contributed by atoms with van der Waals surface area (Å²) in [5, 5.41) is 5.66. The molecule has 0 spiro atoms. The Morgan fingerprint density at radius 1 is 0.429 bits per heavy atom. The van der Waals surface area contributed by atoms with Crippen molar-refractivity contribution in [2.24, 2.45) is 0 Å². The summed E-state index contributed by atoms with van der Waals surface area (Å²) >= 11 is 0. The smallest absolute Gasteiger partial charge is 0.171 e. The number of rotatable bonds is 6. The zero-order valence-corrected chi connectivity index (χ0v) is 27.4. The van der Waals surface area contributed by atoms with Gasteiger partial charge in [-0.25, -0.2) is 4.98 Å². The molecule has 0 radical (unpaired) electrons. The van der Waals surface area contributed by atoms with Gasteiger partial charge in [-0.2, -0.15) is 0 Å². The molecule has 0 bridgehead atoms. The first kappa shape index (κ1) is 29.1. The summed E-state index contributed by atoms with van der Waals surface area (Å²) in [5.41, 5.74) is 8.69. The highest BCUT2D eigenvalue weighted by molar-refractivity contribution is 7.85. The van der Waals surface area contributed by atoms with Crippen molar-refractivity contribution >= 4 is 55.9 Å². The monoisotopic (exact) mass is 647 g/mol. The number of hydrogen-bond acceptors (Lipinski definition) is 3. The number of benzene rings is 7. The Labute approximate surface area is 284 Å². The first-order valence-electron chi connectivity index (χ1n) is 16.4. The fraction of sp³-hybridized carbons (Fsp3) is 0. The number of hydrogen-bond donors (Lipinski definition) is 0. The summed E-state index contributed by atoms with van der Waals surface area (Å²) in [6, 6.07) is 61.3. The molecule has 232 valence electrons. The van der Waals surface area contributed by atoms with Gasteiger partial charge in [0.1, 0.15) is 11.3 Å². The van der Waals surface area contributed by atoms with E-state index in [2.05, 4.69) is 78.9 Å². The maximum Gasteiger partial charge on any atom is 0.171 e. The third-order valence-corrected chi connectivity index (χ3v) is 12.4. The van der Waals surface area contributed by atoms with E-state index in [9.17, 15) is 0 Å². The van der Waals surface area contributed by atoms with Crippen molar-refractivity contribution in [2.75, 3.05) is 0 Å². The van der Waals surface area contributed by atoms with Crippen LogP contribution in [-0.2, 0) is 4.57 Å². The average molecular weight is 648 g/mol. The number of nitrogens with zero attached hydrogens (tertiary/aromatic N) is 1. The fourth-order valence-corrected chi connectivity index (χ4v) is 9.63. The lowest BCUT2D eigenvalue weighted by Gasteiger charge is -2.20. The highest BCUT2D eigenvalue weighted by Crippen LogP contribution is 2.44. The quantitative estimate of drug-likeness (QED) is 0.169. The minimum absolute atomic E-state index is 0.795. The van der Waals surface area contributed by atoms with E-state index in [4.69, 9.17) is 9.40 Å². The Morgan fingerprint density at radius 3 is 1.65 bits per heavy atom. The summed E-state index contributed by atoms with van der Waals surface area (Å²) in [7, 11) is -3.10. The van der Waals surface area contributed by atoms with Crippen LogP contribution in [0, 0.1) is 0 Å². The SMILES string of the molecule is O=P(c1ccccc1)(c1ccccc1)c1cccc(-c2cccc(-c3ccc4nc(-c5ccccc5)c5oc6ccccc6c5c4c3)c2)c1. The Hall–Kier alpha value is -6.02. The lowest BCUT2D eigenvalue weighted by Crippen LogP contribution is -2.25. The molecule has 9 rings (SSSR count). The molecule has 0 fully saturated rings. The number of pyridine rings is 1. The molecule has 7 aromatic carbocycles. The number of para-hydroxylation sites is 1. The van der Waals surface area contributed by atoms with E-state index in [1.165, 1.54) is 0 Å². The van der Waals surface area contributed by atoms with Gasteiger partial charge >= 0.3 is 0 Å². The molecule has 0 saturated heterocycles. The molecule has 0 aliphatic rings. The van der Waals surface area contributed by atoms with Crippen molar-refractivity contribution in [3.05, 3.63) is 182 Å². The topological polar surface area (TPSA) is 43.1 Å². The Bertz CT molecular complexity index is 2640. The highest BCUT2D eigenvalue weighted by Gasteiger charge is 2.29. The van der Waals surface area contributed by atoms with E-state index in [-0.39, 0.29) is 0 Å². The minimum atomic E-state index is -3.10. The molecule has 0 amide bonds. The van der Waals surface area contributed by atoms with Crippen LogP contribution in [0.2, 0.25) is 0 Å².